The lowest BCUT2D eigenvalue weighted by Crippen LogP contribution is -2.50. The maximum Gasteiger partial charge on any atom is 0.303 e. The lowest BCUT2D eigenvalue weighted by atomic mass is 9.68. The van der Waals surface area contributed by atoms with Crippen LogP contribution in [-0.4, -0.2) is 23.7 Å². The fourth-order valence-corrected chi connectivity index (χ4v) is 2.18. The maximum atomic E-state index is 11.1. The van der Waals surface area contributed by atoms with E-state index in [1.165, 1.54) is 0 Å². The quantitative estimate of drug-likeness (QED) is 0.805. The normalized spacial score (nSPS) is 14.7. The van der Waals surface area contributed by atoms with Gasteiger partial charge in [-0.1, -0.05) is 19.1 Å². The van der Waals surface area contributed by atoms with Gasteiger partial charge in [0.1, 0.15) is 5.75 Å². The van der Waals surface area contributed by atoms with E-state index in [0.29, 0.717) is 0 Å². The van der Waals surface area contributed by atoms with Gasteiger partial charge in [0.2, 0.25) is 0 Å². The molecule has 0 aliphatic heterocycles. The summed E-state index contributed by atoms with van der Waals surface area (Å²) in [6, 6.07) is 7.84. The zero-order valence-corrected chi connectivity index (χ0v) is 12.8. The number of aliphatic carboxylic acids is 1. The van der Waals surface area contributed by atoms with Gasteiger partial charge in [-0.05, 0) is 49.8 Å². The number of nitrogens with two attached hydrogens (primary N) is 1. The highest BCUT2D eigenvalue weighted by molar-refractivity contribution is 5.68. The van der Waals surface area contributed by atoms with Crippen molar-refractivity contribution in [3.8, 4) is 5.75 Å². The molecule has 0 heterocycles. The largest absolute Gasteiger partial charge is 0.497 e. The Kier molecular flexibility index (Phi) is 5.17. The predicted molar refractivity (Wildman–Crippen MR) is 79.9 cm³/mol. The van der Waals surface area contributed by atoms with Crippen LogP contribution in [0.5, 0.6) is 5.75 Å². The lowest BCUT2D eigenvalue weighted by Gasteiger charge is -2.41. The molecule has 0 radical (unpaired) electrons. The summed E-state index contributed by atoms with van der Waals surface area (Å²) in [5.41, 5.74) is 6.36. The zero-order chi connectivity index (χ0) is 15.4. The van der Waals surface area contributed by atoms with Gasteiger partial charge in [-0.15, -0.1) is 0 Å². The third-order valence-corrected chi connectivity index (χ3v) is 4.22. The Balaban J connectivity index is 2.78. The third-order valence-electron chi connectivity index (χ3n) is 4.22. The van der Waals surface area contributed by atoms with Gasteiger partial charge in [-0.2, -0.15) is 0 Å². The summed E-state index contributed by atoms with van der Waals surface area (Å²) in [6.07, 6.45) is 1.61. The Labute approximate surface area is 120 Å². The van der Waals surface area contributed by atoms with E-state index in [1.54, 1.807) is 7.11 Å². The van der Waals surface area contributed by atoms with E-state index in [2.05, 4.69) is 0 Å². The standard InChI is InChI=1S/C16H25NO3/c1-15(2,17)16(3,11-14(18)19)10-9-12-5-7-13(20-4)8-6-12/h5-8H,9-11,17H2,1-4H3,(H,18,19). The summed E-state index contributed by atoms with van der Waals surface area (Å²) in [5, 5.41) is 9.11. The van der Waals surface area contributed by atoms with Gasteiger partial charge in [0.15, 0.2) is 0 Å². The smallest absolute Gasteiger partial charge is 0.303 e. The van der Waals surface area contributed by atoms with E-state index in [4.69, 9.17) is 15.6 Å². The number of ether oxygens (including phenoxy) is 1. The van der Waals surface area contributed by atoms with Crippen LogP contribution in [0, 0.1) is 5.41 Å². The fraction of sp³-hybridized carbons (Fsp3) is 0.562. The average Bonchev–Trinajstić information content (AvgIpc) is 2.35. The van der Waals surface area contributed by atoms with Crippen LogP contribution in [0.3, 0.4) is 0 Å². The highest BCUT2D eigenvalue weighted by atomic mass is 16.5. The summed E-state index contributed by atoms with van der Waals surface area (Å²) in [6.45, 7) is 5.73. The zero-order valence-electron chi connectivity index (χ0n) is 12.8. The maximum absolute atomic E-state index is 11.1. The Morgan fingerprint density at radius 2 is 1.80 bits per heavy atom. The molecule has 1 rings (SSSR count). The molecule has 0 spiro atoms. The van der Waals surface area contributed by atoms with Crippen molar-refractivity contribution in [3.63, 3.8) is 0 Å². The van der Waals surface area contributed by atoms with Crippen LogP contribution in [0.4, 0.5) is 0 Å². The highest BCUT2D eigenvalue weighted by Crippen LogP contribution is 2.37. The number of methoxy groups -OCH3 is 1. The number of benzene rings is 1. The van der Waals surface area contributed by atoms with Gasteiger partial charge < -0.3 is 15.6 Å². The van der Waals surface area contributed by atoms with Crippen molar-refractivity contribution in [1.82, 2.24) is 0 Å². The first-order chi connectivity index (χ1) is 9.18. The van der Waals surface area contributed by atoms with E-state index in [0.717, 1.165) is 24.2 Å². The molecule has 0 aliphatic rings. The fourth-order valence-electron chi connectivity index (χ4n) is 2.18. The van der Waals surface area contributed by atoms with Gasteiger partial charge in [0.05, 0.1) is 13.5 Å². The van der Waals surface area contributed by atoms with Gasteiger partial charge >= 0.3 is 5.97 Å². The summed E-state index contributed by atoms with van der Waals surface area (Å²) >= 11 is 0. The molecule has 0 amide bonds. The minimum Gasteiger partial charge on any atom is -0.497 e. The second kappa shape index (κ2) is 6.27. The molecule has 0 fully saturated rings. The number of hydrogen-bond acceptors (Lipinski definition) is 3. The Bertz CT molecular complexity index is 448. The Hall–Kier alpha value is -1.55. The molecule has 20 heavy (non-hydrogen) atoms. The molecule has 0 saturated carbocycles. The first-order valence-corrected chi connectivity index (χ1v) is 6.81. The Morgan fingerprint density at radius 3 is 2.20 bits per heavy atom. The Morgan fingerprint density at radius 1 is 1.25 bits per heavy atom. The van der Waals surface area contributed by atoms with Gasteiger partial charge in [-0.3, -0.25) is 4.79 Å². The molecule has 0 bridgehead atoms. The van der Waals surface area contributed by atoms with E-state index in [9.17, 15) is 4.79 Å². The number of carboxylic acid groups (broad SMARTS) is 1. The first-order valence-electron chi connectivity index (χ1n) is 6.81. The molecule has 1 aromatic carbocycles. The van der Waals surface area contributed by atoms with Crippen LogP contribution in [-0.2, 0) is 11.2 Å². The second-order valence-corrected chi connectivity index (χ2v) is 6.20. The molecule has 112 valence electrons. The lowest BCUT2D eigenvalue weighted by molar-refractivity contribution is -0.140. The van der Waals surface area contributed by atoms with Crippen molar-refractivity contribution in [1.29, 1.82) is 0 Å². The summed E-state index contributed by atoms with van der Waals surface area (Å²) < 4.78 is 5.12. The van der Waals surface area contributed by atoms with Gasteiger partial charge in [0, 0.05) is 5.54 Å². The average molecular weight is 279 g/mol. The van der Waals surface area contributed by atoms with Crippen LogP contribution in [0.2, 0.25) is 0 Å². The van der Waals surface area contributed by atoms with Crippen LogP contribution >= 0.6 is 0 Å². The molecular formula is C16H25NO3. The molecule has 0 aromatic heterocycles. The summed E-state index contributed by atoms with van der Waals surface area (Å²) in [7, 11) is 1.63. The minimum atomic E-state index is -0.805. The minimum absolute atomic E-state index is 0.0760. The van der Waals surface area contributed by atoms with Crippen molar-refractivity contribution in [2.24, 2.45) is 11.1 Å². The number of carboxylic acids is 1. The van der Waals surface area contributed by atoms with E-state index in [-0.39, 0.29) is 6.42 Å². The molecule has 1 aromatic rings. The molecule has 1 atom stereocenters. The van der Waals surface area contributed by atoms with E-state index in [1.807, 2.05) is 45.0 Å². The van der Waals surface area contributed by atoms with Crippen LogP contribution in [0.15, 0.2) is 24.3 Å². The van der Waals surface area contributed by atoms with Crippen molar-refractivity contribution in [2.45, 2.75) is 45.6 Å². The molecular weight excluding hydrogens is 254 g/mol. The van der Waals surface area contributed by atoms with Crippen molar-refractivity contribution in [2.75, 3.05) is 7.11 Å². The van der Waals surface area contributed by atoms with Gasteiger partial charge in [0.25, 0.3) is 0 Å². The SMILES string of the molecule is COc1ccc(CCC(C)(CC(=O)O)C(C)(C)N)cc1. The monoisotopic (exact) mass is 279 g/mol. The topological polar surface area (TPSA) is 72.5 Å². The van der Waals surface area contributed by atoms with Crippen LogP contribution in [0.25, 0.3) is 0 Å². The first kappa shape index (κ1) is 16.5. The second-order valence-electron chi connectivity index (χ2n) is 6.20. The van der Waals surface area contributed by atoms with Crippen LogP contribution in [0.1, 0.15) is 39.2 Å². The molecule has 0 saturated heterocycles. The molecule has 1 unspecified atom stereocenters. The highest BCUT2D eigenvalue weighted by Gasteiger charge is 2.39. The summed E-state index contributed by atoms with van der Waals surface area (Å²) in [5.74, 6) is 0.0157. The number of carbonyl (C=O) groups is 1. The predicted octanol–water partition coefficient (Wildman–Crippen LogP) is 2.85. The molecule has 4 heteroatoms. The van der Waals surface area contributed by atoms with E-state index >= 15 is 0 Å². The van der Waals surface area contributed by atoms with Crippen molar-refractivity contribution in [3.05, 3.63) is 29.8 Å². The number of hydrogen-bond donors (Lipinski definition) is 2. The molecule has 3 N–H and O–H groups in total. The van der Waals surface area contributed by atoms with Crippen molar-refractivity contribution >= 4 is 5.97 Å². The third kappa shape index (κ3) is 4.23. The molecule has 4 nitrogen and oxygen atoms in total. The number of aryl methyl sites for hydroxylation is 1. The molecule has 0 aliphatic carbocycles. The van der Waals surface area contributed by atoms with Gasteiger partial charge in [-0.25, -0.2) is 0 Å². The summed E-state index contributed by atoms with van der Waals surface area (Å²) in [4.78, 5) is 11.1. The van der Waals surface area contributed by atoms with E-state index < -0.39 is 16.9 Å². The van der Waals surface area contributed by atoms with Crippen molar-refractivity contribution < 1.29 is 14.6 Å². The number of rotatable bonds is 7. The van der Waals surface area contributed by atoms with Crippen LogP contribution < -0.4 is 10.5 Å².